The van der Waals surface area contributed by atoms with E-state index in [4.69, 9.17) is 0 Å². The highest BCUT2D eigenvalue weighted by Gasteiger charge is 2.20. The number of aryl methyl sites for hydroxylation is 1. The fraction of sp³-hybridized carbons (Fsp3) is 0.176. The molecular weight excluding hydrogens is 360 g/mol. The number of carbonyl (C=O) groups is 1. The Kier molecular flexibility index (Phi) is 5.27. The number of nitrogens with one attached hydrogen (secondary N) is 1. The lowest BCUT2D eigenvalue weighted by molar-refractivity contribution is -0.115. The number of hydrogen-bond donors (Lipinski definition) is 1. The quantitative estimate of drug-likeness (QED) is 0.692. The maximum Gasteiger partial charge on any atom is 0.237 e. The van der Waals surface area contributed by atoms with E-state index in [1.165, 1.54) is 4.68 Å². The average molecular weight is 375 g/mol. The van der Waals surface area contributed by atoms with Gasteiger partial charge in [0.25, 0.3) is 0 Å². The molecule has 3 aromatic rings. The Morgan fingerprint density at radius 2 is 2.04 bits per heavy atom. The van der Waals surface area contributed by atoms with Crippen LogP contribution >= 0.6 is 11.8 Å². The van der Waals surface area contributed by atoms with Gasteiger partial charge < -0.3 is 5.32 Å². The molecule has 1 aromatic heterocycles. The summed E-state index contributed by atoms with van der Waals surface area (Å²) in [5.41, 5.74) is 1.60. The predicted molar refractivity (Wildman–Crippen MR) is 94.2 cm³/mol. The van der Waals surface area contributed by atoms with E-state index < -0.39 is 22.8 Å². The number of thioether (sulfide) groups is 1. The van der Waals surface area contributed by atoms with Gasteiger partial charge in [-0.1, -0.05) is 23.9 Å². The number of aromatic nitrogens is 4. The van der Waals surface area contributed by atoms with Crippen LogP contribution in [0.4, 0.5) is 14.5 Å². The molecule has 9 heteroatoms. The Bertz CT molecular complexity index is 946. The van der Waals surface area contributed by atoms with Crippen molar-refractivity contribution >= 4 is 23.4 Å². The van der Waals surface area contributed by atoms with Crippen LogP contribution < -0.4 is 5.32 Å². The van der Waals surface area contributed by atoms with E-state index >= 15 is 0 Å². The van der Waals surface area contributed by atoms with Gasteiger partial charge in [-0.15, -0.1) is 5.10 Å². The van der Waals surface area contributed by atoms with Gasteiger partial charge in [-0.05, 0) is 54.1 Å². The minimum absolute atomic E-state index is 0.208. The zero-order valence-corrected chi connectivity index (χ0v) is 14.8. The van der Waals surface area contributed by atoms with Crippen molar-refractivity contribution in [3.63, 3.8) is 0 Å². The second-order valence-corrected chi connectivity index (χ2v) is 6.89. The molecular formula is C17H15F2N5OS. The molecule has 0 fully saturated rings. The van der Waals surface area contributed by atoms with Gasteiger partial charge in [0.1, 0.15) is 11.6 Å². The molecule has 0 aliphatic heterocycles. The summed E-state index contributed by atoms with van der Waals surface area (Å²) in [4.78, 5) is 12.3. The van der Waals surface area contributed by atoms with Gasteiger partial charge in [0.2, 0.25) is 11.1 Å². The van der Waals surface area contributed by atoms with E-state index in [9.17, 15) is 13.6 Å². The fourth-order valence-electron chi connectivity index (χ4n) is 2.21. The van der Waals surface area contributed by atoms with Crippen molar-refractivity contribution in [2.45, 2.75) is 24.3 Å². The van der Waals surface area contributed by atoms with Crippen LogP contribution in [0.1, 0.15) is 12.5 Å². The first-order chi connectivity index (χ1) is 12.4. The highest BCUT2D eigenvalue weighted by molar-refractivity contribution is 8.00. The molecule has 1 heterocycles. The third-order valence-corrected chi connectivity index (χ3v) is 4.56. The van der Waals surface area contributed by atoms with Gasteiger partial charge in [0.15, 0.2) is 0 Å². The molecule has 0 aliphatic rings. The number of halogens is 2. The van der Waals surface area contributed by atoms with E-state index in [1.54, 1.807) is 6.92 Å². The lowest BCUT2D eigenvalue weighted by atomic mass is 10.2. The molecule has 1 atom stereocenters. The topological polar surface area (TPSA) is 72.7 Å². The van der Waals surface area contributed by atoms with E-state index in [0.717, 1.165) is 41.2 Å². The van der Waals surface area contributed by atoms with Crippen LogP contribution in [0, 0.1) is 18.6 Å². The number of tetrazole rings is 1. The molecule has 1 unspecified atom stereocenters. The molecule has 1 N–H and O–H groups in total. The van der Waals surface area contributed by atoms with E-state index in [-0.39, 0.29) is 5.69 Å². The summed E-state index contributed by atoms with van der Waals surface area (Å²) >= 11 is 1.11. The average Bonchev–Trinajstić information content (AvgIpc) is 3.06. The van der Waals surface area contributed by atoms with Crippen molar-refractivity contribution < 1.29 is 13.6 Å². The Hall–Kier alpha value is -2.81. The van der Waals surface area contributed by atoms with Gasteiger partial charge in [0.05, 0.1) is 16.6 Å². The van der Waals surface area contributed by atoms with E-state index in [0.29, 0.717) is 5.16 Å². The largest absolute Gasteiger partial charge is 0.323 e. The lowest BCUT2D eigenvalue weighted by Gasteiger charge is -2.12. The molecule has 0 bridgehead atoms. The number of hydrogen-bond acceptors (Lipinski definition) is 5. The minimum atomic E-state index is -0.707. The van der Waals surface area contributed by atoms with Crippen LogP contribution in [0.5, 0.6) is 0 Å². The molecule has 0 aliphatic carbocycles. The van der Waals surface area contributed by atoms with Crippen LogP contribution in [0.3, 0.4) is 0 Å². The fourth-order valence-corrected chi connectivity index (χ4v) is 3.02. The standard InChI is InChI=1S/C17H15F2N5OS/c1-10-4-3-5-13(8-10)24-17(21-22-23-24)26-11(2)16(25)20-15-9-12(18)6-7-14(15)19/h3-9,11H,1-2H3,(H,20,25). The first-order valence-corrected chi connectivity index (χ1v) is 8.60. The summed E-state index contributed by atoms with van der Waals surface area (Å²) in [6, 6.07) is 10.5. The third kappa shape index (κ3) is 4.05. The molecule has 0 radical (unpaired) electrons. The molecule has 0 saturated heterocycles. The number of anilines is 1. The second kappa shape index (κ2) is 7.61. The zero-order chi connectivity index (χ0) is 18.7. The van der Waals surface area contributed by atoms with Crippen LogP contribution in [0.15, 0.2) is 47.6 Å². The normalized spacial score (nSPS) is 12.0. The van der Waals surface area contributed by atoms with Crippen molar-refractivity contribution in [1.29, 1.82) is 0 Å². The Morgan fingerprint density at radius 1 is 1.23 bits per heavy atom. The molecule has 1 amide bonds. The monoisotopic (exact) mass is 375 g/mol. The first kappa shape index (κ1) is 18.0. The van der Waals surface area contributed by atoms with Crippen LogP contribution in [0.2, 0.25) is 0 Å². The van der Waals surface area contributed by atoms with E-state index in [2.05, 4.69) is 20.8 Å². The highest BCUT2D eigenvalue weighted by Crippen LogP contribution is 2.25. The number of nitrogens with zero attached hydrogens (tertiary/aromatic N) is 4. The smallest absolute Gasteiger partial charge is 0.237 e. The van der Waals surface area contributed by atoms with Gasteiger partial charge in [-0.3, -0.25) is 4.79 Å². The molecule has 2 aromatic carbocycles. The first-order valence-electron chi connectivity index (χ1n) is 7.72. The van der Waals surface area contributed by atoms with E-state index in [1.807, 2.05) is 31.2 Å². The van der Waals surface area contributed by atoms with Crippen molar-refractivity contribution in [3.8, 4) is 5.69 Å². The Balaban J connectivity index is 1.74. The number of carbonyl (C=O) groups excluding carboxylic acids is 1. The second-order valence-electron chi connectivity index (χ2n) is 5.59. The maximum atomic E-state index is 13.7. The predicted octanol–water partition coefficient (Wildman–Crippen LogP) is 3.37. The summed E-state index contributed by atoms with van der Waals surface area (Å²) in [5, 5.41) is 13.7. The zero-order valence-electron chi connectivity index (χ0n) is 14.0. The van der Waals surface area contributed by atoms with Gasteiger partial charge in [-0.25, -0.2) is 8.78 Å². The van der Waals surface area contributed by atoms with Crippen LogP contribution in [0.25, 0.3) is 5.69 Å². The summed E-state index contributed by atoms with van der Waals surface area (Å²) in [7, 11) is 0. The molecule has 26 heavy (non-hydrogen) atoms. The van der Waals surface area contributed by atoms with Gasteiger partial charge >= 0.3 is 0 Å². The van der Waals surface area contributed by atoms with Crippen molar-refractivity contribution in [3.05, 3.63) is 59.7 Å². The third-order valence-electron chi connectivity index (χ3n) is 3.52. The van der Waals surface area contributed by atoms with Gasteiger partial charge in [-0.2, -0.15) is 4.68 Å². The van der Waals surface area contributed by atoms with Crippen molar-refractivity contribution in [2.24, 2.45) is 0 Å². The van der Waals surface area contributed by atoms with Crippen LogP contribution in [-0.2, 0) is 4.79 Å². The molecule has 0 saturated carbocycles. The molecule has 6 nitrogen and oxygen atoms in total. The Labute approximate surface area is 152 Å². The SMILES string of the molecule is Cc1cccc(-n2nnnc2SC(C)C(=O)Nc2cc(F)ccc2F)c1. The highest BCUT2D eigenvalue weighted by atomic mass is 32.2. The minimum Gasteiger partial charge on any atom is -0.323 e. The maximum absolute atomic E-state index is 13.7. The molecule has 134 valence electrons. The van der Waals surface area contributed by atoms with Crippen molar-refractivity contribution in [2.75, 3.05) is 5.32 Å². The summed E-state index contributed by atoms with van der Waals surface area (Å²) in [6.45, 7) is 3.58. The summed E-state index contributed by atoms with van der Waals surface area (Å²) < 4.78 is 28.4. The van der Waals surface area contributed by atoms with Gasteiger partial charge in [0, 0.05) is 6.07 Å². The summed E-state index contributed by atoms with van der Waals surface area (Å²) in [5.74, 6) is -1.83. The number of benzene rings is 2. The number of rotatable bonds is 5. The molecule has 3 rings (SSSR count). The summed E-state index contributed by atoms with van der Waals surface area (Å²) in [6.07, 6.45) is 0. The lowest BCUT2D eigenvalue weighted by Crippen LogP contribution is -2.23. The molecule has 0 spiro atoms. The number of amides is 1. The Morgan fingerprint density at radius 3 is 2.81 bits per heavy atom. The van der Waals surface area contributed by atoms with Crippen LogP contribution in [-0.4, -0.2) is 31.4 Å². The van der Waals surface area contributed by atoms with Crippen molar-refractivity contribution in [1.82, 2.24) is 20.2 Å².